The van der Waals surface area contributed by atoms with Crippen molar-refractivity contribution in [2.24, 2.45) is 5.92 Å². The van der Waals surface area contributed by atoms with Gasteiger partial charge in [0.1, 0.15) is 30.0 Å². The highest BCUT2D eigenvalue weighted by molar-refractivity contribution is 5.86. The lowest BCUT2D eigenvalue weighted by Gasteiger charge is -2.30. The zero-order valence-electron chi connectivity index (χ0n) is 29.5. The van der Waals surface area contributed by atoms with E-state index < -0.39 is 12.1 Å². The van der Waals surface area contributed by atoms with Gasteiger partial charge in [0.15, 0.2) is 11.5 Å². The van der Waals surface area contributed by atoms with Crippen molar-refractivity contribution in [3.63, 3.8) is 0 Å². The molecular weight excluding hydrogens is 652 g/mol. The Hall–Kier alpha value is -5.37. The maximum atomic E-state index is 13.5. The fourth-order valence-electron chi connectivity index (χ4n) is 6.46. The van der Waals surface area contributed by atoms with Gasteiger partial charge >= 0.3 is 6.09 Å². The van der Waals surface area contributed by atoms with Gasteiger partial charge in [-0.25, -0.2) is 14.8 Å². The Kier molecular flexibility index (Phi) is 11.2. The monoisotopic (exact) mass is 698 g/mol. The minimum atomic E-state index is -0.697. The molecule has 0 radical (unpaired) electrons. The van der Waals surface area contributed by atoms with E-state index in [1.54, 1.807) is 18.1 Å². The number of nitrogens with zero attached hydrogens (tertiary/aromatic N) is 3. The van der Waals surface area contributed by atoms with Crippen LogP contribution in [0, 0.1) is 5.92 Å². The number of likely N-dealkylation sites (tertiary alicyclic amines) is 1. The molecule has 2 unspecified atom stereocenters. The molecule has 2 aromatic heterocycles. The molecule has 0 bridgehead atoms. The molecule has 6 rings (SSSR count). The summed E-state index contributed by atoms with van der Waals surface area (Å²) in [6, 6.07) is 10.8. The summed E-state index contributed by atoms with van der Waals surface area (Å²) in [5.41, 5.74) is 4.47. The summed E-state index contributed by atoms with van der Waals surface area (Å²) >= 11 is 0. The number of methoxy groups -OCH3 is 1. The number of carbonyl (C=O) groups excluding carboxylic acids is 3. The number of unbranched alkanes of at least 4 members (excludes halogenated alkanes) is 1. The maximum absolute atomic E-state index is 13.5. The van der Waals surface area contributed by atoms with Crippen molar-refractivity contribution in [1.29, 1.82) is 0 Å². The zero-order chi connectivity index (χ0) is 35.9. The second-order valence-electron chi connectivity index (χ2n) is 13.2. The number of ether oxygens (including phenoxy) is 3. The van der Waals surface area contributed by atoms with Gasteiger partial charge in [-0.05, 0) is 75.0 Å². The molecule has 5 N–H and O–H groups in total. The molecule has 2 aliphatic rings. The lowest BCUT2D eigenvalue weighted by molar-refractivity contribution is -0.135. The number of rotatable bonds is 13. The van der Waals surface area contributed by atoms with Crippen LogP contribution in [0.5, 0.6) is 17.2 Å². The van der Waals surface area contributed by atoms with Crippen LogP contribution in [-0.4, -0.2) is 82.6 Å². The molecule has 14 heteroatoms. The van der Waals surface area contributed by atoms with Crippen LogP contribution in [0.25, 0.3) is 22.5 Å². The van der Waals surface area contributed by atoms with Crippen LogP contribution in [-0.2, 0) is 27.4 Å². The van der Waals surface area contributed by atoms with E-state index in [0.29, 0.717) is 43.6 Å². The number of aromatic nitrogens is 4. The molecule has 0 aliphatic carbocycles. The summed E-state index contributed by atoms with van der Waals surface area (Å²) in [5, 5.41) is 8.43. The number of nitrogens with one attached hydrogen (secondary N) is 5. The topological polar surface area (TPSA) is 176 Å². The Morgan fingerprint density at radius 1 is 1.00 bits per heavy atom. The van der Waals surface area contributed by atoms with Gasteiger partial charge < -0.3 is 45.0 Å². The van der Waals surface area contributed by atoms with Crippen molar-refractivity contribution in [3.8, 4) is 39.8 Å². The third-order valence-electron chi connectivity index (χ3n) is 9.20. The molecule has 270 valence electrons. The number of H-pyrrole nitrogens is 2. The first kappa shape index (κ1) is 35.5. The van der Waals surface area contributed by atoms with E-state index in [2.05, 4.69) is 42.0 Å². The Balaban J connectivity index is 1.09. The number of fused-ring (bicyclic) bond motifs is 2. The lowest BCUT2D eigenvalue weighted by Crippen LogP contribution is -2.51. The standard InChI is InChI=1S/C37H46N8O6/c1-22(2)34(44-37(48)49-4)36(47)45-15-7-8-28(45)35-41-19-27(43-35)24-11-13-30-31(17-24)50-21-25-16-23(10-12-29(25)51-30)26-18-40-32(42-26)9-5-6-14-39-33(46)20-38-3/h10-13,16-19,22,28,34,38H,5-9,14-15,20-21H2,1-4H3,(H,39,46)(H,40,42)(H,41,43)(H,44,48). The molecule has 2 aliphatic heterocycles. The average molecular weight is 699 g/mol. The van der Waals surface area contributed by atoms with Crippen LogP contribution in [0.1, 0.15) is 62.8 Å². The number of benzene rings is 2. The molecule has 0 saturated carbocycles. The van der Waals surface area contributed by atoms with Gasteiger partial charge in [0.2, 0.25) is 11.8 Å². The second kappa shape index (κ2) is 16.1. The van der Waals surface area contributed by atoms with Gasteiger partial charge in [0.05, 0.1) is 43.5 Å². The Morgan fingerprint density at radius 3 is 2.55 bits per heavy atom. The minimum Gasteiger partial charge on any atom is -0.485 e. The van der Waals surface area contributed by atoms with E-state index in [9.17, 15) is 14.4 Å². The number of alkyl carbamates (subject to hydrolysis) is 1. The van der Waals surface area contributed by atoms with Gasteiger partial charge in [-0.3, -0.25) is 9.59 Å². The van der Waals surface area contributed by atoms with E-state index in [0.717, 1.165) is 71.8 Å². The molecule has 1 fully saturated rings. The number of aryl methyl sites for hydroxylation is 1. The predicted molar refractivity (Wildman–Crippen MR) is 190 cm³/mol. The van der Waals surface area contributed by atoms with Gasteiger partial charge in [0.25, 0.3) is 0 Å². The SMILES string of the molecule is CNCC(=O)NCCCCc1ncc(-c2ccc3c(c2)COc2cc(-c4cnc(C5CCCN5C(=O)C(NC(=O)OC)C(C)C)[nH]4)ccc2O3)[nH]1. The van der Waals surface area contributed by atoms with E-state index in [-0.39, 0.29) is 23.8 Å². The molecule has 4 aromatic rings. The summed E-state index contributed by atoms with van der Waals surface area (Å²) in [7, 11) is 3.04. The van der Waals surface area contributed by atoms with Crippen LogP contribution >= 0.6 is 0 Å². The summed E-state index contributed by atoms with van der Waals surface area (Å²) in [4.78, 5) is 55.0. The molecule has 0 spiro atoms. The molecule has 2 atom stereocenters. The van der Waals surface area contributed by atoms with Crippen molar-refractivity contribution < 1.29 is 28.6 Å². The van der Waals surface area contributed by atoms with Crippen molar-refractivity contribution >= 4 is 17.9 Å². The van der Waals surface area contributed by atoms with Crippen molar-refractivity contribution in [3.05, 3.63) is 66.0 Å². The molecule has 4 heterocycles. The first-order chi connectivity index (χ1) is 24.7. The van der Waals surface area contributed by atoms with Gasteiger partial charge in [-0.15, -0.1) is 0 Å². The first-order valence-electron chi connectivity index (χ1n) is 17.5. The molecule has 2 aromatic carbocycles. The van der Waals surface area contributed by atoms with Crippen LogP contribution in [0.2, 0.25) is 0 Å². The smallest absolute Gasteiger partial charge is 0.407 e. The average Bonchev–Trinajstić information content (AvgIpc) is 3.90. The summed E-state index contributed by atoms with van der Waals surface area (Å²) in [6.45, 7) is 5.66. The molecule has 1 saturated heterocycles. The van der Waals surface area contributed by atoms with E-state index >= 15 is 0 Å². The number of hydrogen-bond donors (Lipinski definition) is 5. The minimum absolute atomic E-state index is 0.0000467. The van der Waals surface area contributed by atoms with E-state index in [1.165, 1.54) is 7.11 Å². The molecular formula is C37H46N8O6. The highest BCUT2D eigenvalue weighted by Crippen LogP contribution is 2.41. The Morgan fingerprint density at radius 2 is 1.76 bits per heavy atom. The van der Waals surface area contributed by atoms with Crippen LogP contribution in [0.4, 0.5) is 4.79 Å². The second-order valence-corrected chi connectivity index (χ2v) is 13.2. The zero-order valence-corrected chi connectivity index (χ0v) is 29.5. The fourth-order valence-corrected chi connectivity index (χ4v) is 6.46. The molecule has 14 nitrogen and oxygen atoms in total. The number of likely N-dealkylation sites (N-methyl/N-ethyl adjacent to an activating group) is 1. The van der Waals surface area contributed by atoms with E-state index in [4.69, 9.17) is 14.2 Å². The number of amides is 3. The van der Waals surface area contributed by atoms with E-state index in [1.807, 2.05) is 50.4 Å². The third-order valence-corrected chi connectivity index (χ3v) is 9.20. The fraction of sp³-hybridized carbons (Fsp3) is 0.432. The van der Waals surface area contributed by atoms with Crippen LogP contribution in [0.3, 0.4) is 0 Å². The summed E-state index contributed by atoms with van der Waals surface area (Å²) in [6.07, 6.45) is 7.15. The number of hydrogen-bond acceptors (Lipinski definition) is 9. The van der Waals surface area contributed by atoms with Crippen molar-refractivity contribution in [2.45, 2.75) is 64.6 Å². The molecule has 3 amide bonds. The van der Waals surface area contributed by atoms with Crippen molar-refractivity contribution in [1.82, 2.24) is 40.8 Å². The Bertz CT molecular complexity index is 1850. The maximum Gasteiger partial charge on any atom is 0.407 e. The normalized spacial score (nSPS) is 15.6. The van der Waals surface area contributed by atoms with Crippen molar-refractivity contribution in [2.75, 3.05) is 33.8 Å². The lowest BCUT2D eigenvalue weighted by atomic mass is 10.0. The molecule has 51 heavy (non-hydrogen) atoms. The highest BCUT2D eigenvalue weighted by Gasteiger charge is 2.37. The summed E-state index contributed by atoms with van der Waals surface area (Å²) in [5.74, 6) is 3.28. The third kappa shape index (κ3) is 8.34. The quantitative estimate of drug-likeness (QED) is 0.122. The number of carbonyl (C=O) groups is 3. The Labute approximate surface area is 297 Å². The van der Waals surface area contributed by atoms with Gasteiger partial charge in [0, 0.05) is 36.2 Å². The van der Waals surface area contributed by atoms with Gasteiger partial charge in [-0.2, -0.15) is 0 Å². The van der Waals surface area contributed by atoms with Crippen LogP contribution in [0.15, 0.2) is 48.8 Å². The highest BCUT2D eigenvalue weighted by atomic mass is 16.5. The van der Waals surface area contributed by atoms with Crippen LogP contribution < -0.4 is 25.4 Å². The summed E-state index contributed by atoms with van der Waals surface area (Å²) < 4.78 is 17.3. The number of imidazole rings is 2. The first-order valence-corrected chi connectivity index (χ1v) is 17.5. The predicted octanol–water partition coefficient (Wildman–Crippen LogP) is 4.85. The van der Waals surface area contributed by atoms with Gasteiger partial charge in [-0.1, -0.05) is 13.8 Å². The number of aromatic amines is 2. The largest absolute Gasteiger partial charge is 0.485 e.